The van der Waals surface area contributed by atoms with Crippen LogP contribution in [0.5, 0.6) is 0 Å². The zero-order valence-electron chi connectivity index (χ0n) is 2.54. The molecule has 6 heavy (non-hydrogen) atoms. The fraction of sp³-hybridized carbons (Fsp3) is 0. The molecule has 2 N–H and O–H groups in total. The molecule has 0 aliphatic heterocycles. The molecule has 0 aliphatic carbocycles. The Morgan fingerprint density at radius 2 is 1.67 bits per heavy atom. The summed E-state index contributed by atoms with van der Waals surface area (Å²) >= 11 is 0. The molecule has 3 nitrogen and oxygen atoms in total. The predicted octanol–water partition coefficient (Wildman–Crippen LogP) is 0.0965. The maximum absolute atomic E-state index is 10.1. The van der Waals surface area contributed by atoms with Crippen LogP contribution in [0.4, 0.5) is 4.53 Å². The van der Waals surface area contributed by atoms with Gasteiger partial charge in [0.05, 0.1) is 0 Å². The van der Waals surface area contributed by atoms with Crippen LogP contribution in [-0.4, -0.2) is 9.79 Å². The molecule has 0 spiro atoms. The molecular weight excluding hydrogens is 150 g/mol. The average molecular weight is 152 g/mol. The third kappa shape index (κ3) is 8.84. The molecule has 0 fully saturated rings. The Kier molecular flexibility index (Phi) is 9.53. The van der Waals surface area contributed by atoms with E-state index in [4.69, 9.17) is 9.79 Å². The van der Waals surface area contributed by atoms with Gasteiger partial charge in [0, 0.05) is 17.4 Å². The van der Waals surface area contributed by atoms with Crippen molar-refractivity contribution in [3.8, 4) is 0 Å². The number of hydrogen-bond acceptors (Lipinski definition) is 3. The summed E-state index contributed by atoms with van der Waals surface area (Å²) in [7, 11) is -2.76. The van der Waals surface area contributed by atoms with Crippen molar-refractivity contribution in [2.24, 2.45) is 0 Å². The minimum absolute atomic E-state index is 0. The molecule has 38 valence electrons. The van der Waals surface area contributed by atoms with Crippen molar-refractivity contribution in [3.63, 3.8) is 0 Å². The Morgan fingerprint density at radius 1 is 1.50 bits per heavy atom. The fourth-order valence-electron chi connectivity index (χ4n) is 0. The number of rotatable bonds is 1. The summed E-state index contributed by atoms with van der Waals surface area (Å²) in [4.78, 5) is 14.8. The topological polar surface area (TPSA) is 49.7 Å². The molecule has 0 saturated heterocycles. The van der Waals surface area contributed by atoms with Gasteiger partial charge in [-0.25, -0.2) is 0 Å². The first-order valence-corrected chi connectivity index (χ1v) is 1.90. The van der Waals surface area contributed by atoms with Crippen LogP contribution in [-0.2, 0) is 22.1 Å². The van der Waals surface area contributed by atoms with Crippen LogP contribution in [0.2, 0.25) is 0 Å². The summed E-state index contributed by atoms with van der Waals surface area (Å²) in [5, 5.41) is 0. The quantitative estimate of drug-likeness (QED) is 0.523. The molecule has 0 aromatic heterocycles. The first kappa shape index (κ1) is 9.91. The average Bonchev–Trinajstić information content (AvgIpc) is 1.38. The molecule has 0 unspecified atom stereocenters. The number of hydrogen-bond donors (Lipinski definition) is 2. The van der Waals surface area contributed by atoms with Crippen molar-refractivity contribution < 1.29 is 36.4 Å². The third-order valence-corrected chi connectivity index (χ3v) is 0.185. The van der Waals surface area contributed by atoms with Gasteiger partial charge in [0.25, 0.3) is 0 Å². The second-order valence-electron chi connectivity index (χ2n) is 0.322. The minimum Gasteiger partial charge on any atom is -0.326 e. The van der Waals surface area contributed by atoms with Crippen molar-refractivity contribution >= 4 is 8.60 Å². The van der Waals surface area contributed by atoms with Gasteiger partial charge in [-0.05, 0) is 4.53 Å². The van der Waals surface area contributed by atoms with Crippen LogP contribution >= 0.6 is 8.60 Å². The van der Waals surface area contributed by atoms with E-state index in [0.717, 1.165) is 0 Å². The zero-order valence-corrected chi connectivity index (χ0v) is 4.71. The molecule has 0 aromatic carbocycles. The van der Waals surface area contributed by atoms with Gasteiger partial charge in [0.1, 0.15) is 0 Å². The summed E-state index contributed by atoms with van der Waals surface area (Å²) in [5.41, 5.74) is 0. The Morgan fingerprint density at radius 3 is 1.67 bits per heavy atom. The van der Waals surface area contributed by atoms with Crippen LogP contribution in [0.1, 0.15) is 0 Å². The van der Waals surface area contributed by atoms with Crippen molar-refractivity contribution in [2.45, 2.75) is 0 Å². The largest absolute Gasteiger partial charge is 0.363 e. The Bertz CT molecular complexity index is 24.8. The smallest absolute Gasteiger partial charge is 0.326 e. The van der Waals surface area contributed by atoms with Crippen molar-refractivity contribution in [1.82, 2.24) is 0 Å². The molecule has 0 amide bonds. The molecular formula is H2CrFO3P. The normalized spacial score (nSPS) is 8.00. The molecule has 0 aliphatic rings. The van der Waals surface area contributed by atoms with Crippen LogP contribution in [0, 0.1) is 0 Å². The van der Waals surface area contributed by atoms with Gasteiger partial charge in [0.15, 0.2) is 0 Å². The minimum atomic E-state index is -2.76. The molecule has 0 radical (unpaired) electrons. The van der Waals surface area contributed by atoms with E-state index < -0.39 is 8.60 Å². The van der Waals surface area contributed by atoms with Crippen LogP contribution in [0.3, 0.4) is 0 Å². The molecule has 0 aromatic rings. The van der Waals surface area contributed by atoms with Crippen molar-refractivity contribution in [2.75, 3.05) is 0 Å². The molecule has 0 heterocycles. The summed E-state index contributed by atoms with van der Waals surface area (Å²) in [6.07, 6.45) is 0. The SMILES string of the molecule is OP(O)OF.[Cr]. The molecule has 0 bridgehead atoms. The van der Waals surface area contributed by atoms with E-state index in [2.05, 4.69) is 4.73 Å². The van der Waals surface area contributed by atoms with E-state index in [-0.39, 0.29) is 17.4 Å². The number of halogens is 1. The second kappa shape index (κ2) is 5.77. The van der Waals surface area contributed by atoms with E-state index in [1.807, 2.05) is 0 Å². The monoisotopic (exact) mass is 152 g/mol. The standard InChI is InChI=1S/Cr.FH2O3P/c;1-4-5(2)3/h;2-3H. The first-order valence-electron chi connectivity index (χ1n) is 0.737. The second-order valence-corrected chi connectivity index (χ2v) is 0.965. The third-order valence-electron chi connectivity index (χ3n) is 0.0617. The van der Waals surface area contributed by atoms with Crippen LogP contribution < -0.4 is 0 Å². The van der Waals surface area contributed by atoms with Gasteiger partial charge in [0.2, 0.25) is 0 Å². The van der Waals surface area contributed by atoms with E-state index >= 15 is 0 Å². The van der Waals surface area contributed by atoms with Gasteiger partial charge >= 0.3 is 8.60 Å². The van der Waals surface area contributed by atoms with Gasteiger partial charge < -0.3 is 9.79 Å². The van der Waals surface area contributed by atoms with Crippen molar-refractivity contribution in [3.05, 3.63) is 0 Å². The fourth-order valence-corrected chi connectivity index (χ4v) is 0. The summed E-state index contributed by atoms with van der Waals surface area (Å²) in [6, 6.07) is 0. The van der Waals surface area contributed by atoms with Crippen LogP contribution in [0.15, 0.2) is 0 Å². The molecule has 0 saturated carbocycles. The molecule has 6 heteroatoms. The van der Waals surface area contributed by atoms with Gasteiger partial charge in [-0.1, -0.05) is 0 Å². The molecule has 0 atom stereocenters. The predicted molar refractivity (Wildman–Crippen MR) is 13.6 cm³/mol. The zero-order chi connectivity index (χ0) is 4.28. The van der Waals surface area contributed by atoms with Gasteiger partial charge in [-0.2, -0.15) is 0 Å². The Balaban J connectivity index is 0. The van der Waals surface area contributed by atoms with Crippen molar-refractivity contribution in [1.29, 1.82) is 0 Å². The van der Waals surface area contributed by atoms with E-state index in [1.165, 1.54) is 0 Å². The summed E-state index contributed by atoms with van der Waals surface area (Å²) in [5.74, 6) is 0. The summed E-state index contributed by atoms with van der Waals surface area (Å²) in [6.45, 7) is 0. The Labute approximate surface area is 45.8 Å². The molecule has 0 rings (SSSR count). The van der Waals surface area contributed by atoms with E-state index in [1.54, 1.807) is 0 Å². The van der Waals surface area contributed by atoms with E-state index in [9.17, 15) is 4.53 Å². The van der Waals surface area contributed by atoms with Gasteiger partial charge in [-0.3, -0.25) is 0 Å². The summed E-state index contributed by atoms with van der Waals surface area (Å²) < 4.78 is 12.6. The van der Waals surface area contributed by atoms with E-state index in [0.29, 0.717) is 0 Å². The van der Waals surface area contributed by atoms with Gasteiger partial charge in [-0.15, -0.1) is 4.73 Å². The first-order chi connectivity index (χ1) is 2.27. The maximum atomic E-state index is 10.1. The Hall–Kier alpha value is 0.772. The maximum Gasteiger partial charge on any atom is 0.363 e. The van der Waals surface area contributed by atoms with Crippen LogP contribution in [0.25, 0.3) is 0 Å².